The van der Waals surface area contributed by atoms with Gasteiger partial charge in [0.2, 0.25) is 5.91 Å². The maximum atomic E-state index is 12.9. The minimum atomic E-state index is -0.442. The van der Waals surface area contributed by atoms with Gasteiger partial charge in [0.05, 0.1) is 23.5 Å². The molecule has 182 valence electrons. The molecule has 2 aromatic rings. The van der Waals surface area contributed by atoms with Crippen LogP contribution in [0, 0.1) is 6.57 Å². The van der Waals surface area contributed by atoms with Crippen LogP contribution >= 0.6 is 0 Å². The Morgan fingerprint density at radius 3 is 2.31 bits per heavy atom. The van der Waals surface area contributed by atoms with Crippen molar-refractivity contribution in [2.45, 2.75) is 52.3 Å². The molecule has 0 bridgehead atoms. The highest BCUT2D eigenvalue weighted by molar-refractivity contribution is 6.03. The SMILES string of the molecule is C#[N+]C1CCN(C(=O)c2ccc(-c3ccc4c(c3)N(C(=O)OC(C)C)CC(C)N4C(C)=O)cc2)C1. The van der Waals surface area contributed by atoms with Gasteiger partial charge in [-0.25, -0.2) is 4.79 Å². The van der Waals surface area contributed by atoms with E-state index in [-0.39, 0.29) is 30.0 Å². The van der Waals surface area contributed by atoms with Crippen molar-refractivity contribution in [3.05, 3.63) is 52.9 Å². The highest BCUT2D eigenvalue weighted by atomic mass is 16.6. The largest absolute Gasteiger partial charge is 0.446 e. The minimum Gasteiger partial charge on any atom is -0.446 e. The molecule has 8 nitrogen and oxygen atoms in total. The first kappa shape index (κ1) is 24.3. The minimum absolute atomic E-state index is 0.00339. The lowest BCUT2D eigenvalue weighted by Gasteiger charge is -2.40. The van der Waals surface area contributed by atoms with Gasteiger partial charge in [-0.1, -0.05) is 23.0 Å². The van der Waals surface area contributed by atoms with Crippen LogP contribution in [0.1, 0.15) is 44.5 Å². The number of carbonyl (C=O) groups excluding carboxylic acids is 3. The molecule has 0 spiro atoms. The van der Waals surface area contributed by atoms with E-state index in [0.29, 0.717) is 36.6 Å². The van der Waals surface area contributed by atoms with E-state index < -0.39 is 6.09 Å². The fourth-order valence-electron chi connectivity index (χ4n) is 4.76. The maximum absolute atomic E-state index is 12.9. The summed E-state index contributed by atoms with van der Waals surface area (Å²) in [4.78, 5) is 46.9. The van der Waals surface area contributed by atoms with E-state index in [1.54, 1.807) is 40.7 Å². The van der Waals surface area contributed by atoms with Crippen LogP contribution < -0.4 is 9.80 Å². The Balaban J connectivity index is 1.64. The summed E-state index contributed by atoms with van der Waals surface area (Å²) >= 11 is 0. The molecule has 2 atom stereocenters. The lowest BCUT2D eigenvalue weighted by molar-refractivity contribution is -0.117. The molecule has 0 N–H and O–H groups in total. The van der Waals surface area contributed by atoms with Crippen molar-refractivity contribution in [1.29, 1.82) is 0 Å². The first-order valence-corrected chi connectivity index (χ1v) is 11.9. The summed E-state index contributed by atoms with van der Waals surface area (Å²) < 4.78 is 5.47. The zero-order chi connectivity index (χ0) is 25.3. The first-order valence-electron chi connectivity index (χ1n) is 11.9. The molecule has 2 aliphatic rings. The van der Waals surface area contributed by atoms with Gasteiger partial charge < -0.3 is 14.5 Å². The molecule has 35 heavy (non-hydrogen) atoms. The molecule has 0 saturated carbocycles. The molecule has 8 heteroatoms. The number of anilines is 2. The summed E-state index contributed by atoms with van der Waals surface area (Å²) in [6, 6.07) is 12.9. The average molecular weight is 476 g/mol. The molecule has 0 aliphatic carbocycles. The fraction of sp³-hybridized carbons (Fsp3) is 0.407. The van der Waals surface area contributed by atoms with Crippen LogP contribution in [0.5, 0.6) is 0 Å². The summed E-state index contributed by atoms with van der Waals surface area (Å²) in [6.45, 7) is 13.9. The second-order valence-electron chi connectivity index (χ2n) is 9.40. The number of fused-ring (bicyclic) bond motifs is 1. The molecule has 0 aromatic heterocycles. The van der Waals surface area contributed by atoms with E-state index in [1.807, 2.05) is 37.3 Å². The molecular weight excluding hydrogens is 444 g/mol. The van der Waals surface area contributed by atoms with Crippen LogP contribution in [0.25, 0.3) is 16.0 Å². The van der Waals surface area contributed by atoms with Gasteiger partial charge in [-0.15, -0.1) is 0 Å². The Labute approximate surface area is 205 Å². The van der Waals surface area contributed by atoms with Crippen molar-refractivity contribution in [2.24, 2.45) is 0 Å². The van der Waals surface area contributed by atoms with Crippen LogP contribution in [-0.2, 0) is 9.53 Å². The van der Waals surface area contributed by atoms with Crippen LogP contribution in [0.2, 0.25) is 0 Å². The normalized spacial score (nSPS) is 19.4. The molecule has 2 aromatic carbocycles. The lowest BCUT2D eigenvalue weighted by Crippen LogP contribution is -2.51. The van der Waals surface area contributed by atoms with Gasteiger partial charge in [0.25, 0.3) is 18.5 Å². The number of ether oxygens (including phenoxy) is 1. The van der Waals surface area contributed by atoms with Gasteiger partial charge in [-0.2, -0.15) is 0 Å². The Hall–Kier alpha value is -3.86. The fourth-order valence-corrected chi connectivity index (χ4v) is 4.76. The van der Waals surface area contributed by atoms with Crippen LogP contribution in [-0.4, -0.2) is 60.6 Å². The second kappa shape index (κ2) is 9.79. The zero-order valence-corrected chi connectivity index (χ0v) is 20.6. The lowest BCUT2D eigenvalue weighted by atomic mass is 9.99. The topological polar surface area (TPSA) is 74.5 Å². The first-order chi connectivity index (χ1) is 16.7. The van der Waals surface area contributed by atoms with Crippen molar-refractivity contribution in [2.75, 3.05) is 29.4 Å². The van der Waals surface area contributed by atoms with E-state index in [9.17, 15) is 14.4 Å². The monoisotopic (exact) mass is 475 g/mol. The van der Waals surface area contributed by atoms with E-state index in [0.717, 1.165) is 17.5 Å². The van der Waals surface area contributed by atoms with Crippen molar-refractivity contribution in [1.82, 2.24) is 4.90 Å². The molecule has 2 heterocycles. The van der Waals surface area contributed by atoms with Gasteiger partial charge in [0.15, 0.2) is 0 Å². The number of amides is 3. The van der Waals surface area contributed by atoms with E-state index in [4.69, 9.17) is 11.3 Å². The van der Waals surface area contributed by atoms with Gasteiger partial charge in [-0.3, -0.25) is 14.5 Å². The molecule has 2 unspecified atom stereocenters. The molecule has 2 aliphatic heterocycles. The quantitative estimate of drug-likeness (QED) is 0.648. The second-order valence-corrected chi connectivity index (χ2v) is 9.40. The molecule has 3 amide bonds. The van der Waals surface area contributed by atoms with Gasteiger partial charge in [0.1, 0.15) is 6.54 Å². The van der Waals surface area contributed by atoms with Gasteiger partial charge >= 0.3 is 6.09 Å². The number of hydrogen-bond acceptors (Lipinski definition) is 4. The molecule has 1 saturated heterocycles. The van der Waals surface area contributed by atoms with Gasteiger partial charge in [-0.05, 0) is 56.2 Å². The Morgan fingerprint density at radius 1 is 1.03 bits per heavy atom. The summed E-state index contributed by atoms with van der Waals surface area (Å²) in [5, 5.41) is 0. The number of rotatable bonds is 3. The summed E-state index contributed by atoms with van der Waals surface area (Å²) in [6.07, 6.45) is 0.0773. The van der Waals surface area contributed by atoms with Crippen LogP contribution in [0.4, 0.5) is 16.2 Å². The third-order valence-electron chi connectivity index (χ3n) is 6.44. The summed E-state index contributed by atoms with van der Waals surface area (Å²) in [5.41, 5.74) is 3.65. The highest BCUT2D eigenvalue weighted by Crippen LogP contribution is 2.39. The Kier molecular flexibility index (Phi) is 6.79. The number of hydrogen-bond donors (Lipinski definition) is 0. The van der Waals surface area contributed by atoms with Crippen molar-refractivity contribution >= 4 is 29.3 Å². The van der Waals surface area contributed by atoms with E-state index >= 15 is 0 Å². The van der Waals surface area contributed by atoms with E-state index in [2.05, 4.69) is 4.85 Å². The van der Waals surface area contributed by atoms with Crippen LogP contribution in [0.3, 0.4) is 0 Å². The van der Waals surface area contributed by atoms with Crippen molar-refractivity contribution in [3.8, 4) is 17.7 Å². The Bertz CT molecular complexity index is 1180. The van der Waals surface area contributed by atoms with Crippen LogP contribution in [0.15, 0.2) is 42.5 Å². The Morgan fingerprint density at radius 2 is 1.71 bits per heavy atom. The molecule has 1 fully saturated rings. The number of nitrogens with zero attached hydrogens (tertiary/aromatic N) is 4. The predicted molar refractivity (Wildman–Crippen MR) is 136 cm³/mol. The smallest absolute Gasteiger partial charge is 0.414 e. The zero-order valence-electron chi connectivity index (χ0n) is 20.6. The average Bonchev–Trinajstić information content (AvgIpc) is 3.31. The third-order valence-corrected chi connectivity index (χ3v) is 6.44. The van der Waals surface area contributed by atoms with Crippen molar-refractivity contribution in [3.63, 3.8) is 0 Å². The number of benzene rings is 2. The van der Waals surface area contributed by atoms with E-state index in [1.165, 1.54) is 6.92 Å². The maximum Gasteiger partial charge on any atom is 0.414 e. The number of carbonyl (C=O) groups is 3. The predicted octanol–water partition coefficient (Wildman–Crippen LogP) is 4.64. The third kappa shape index (κ3) is 4.85. The standard InChI is InChI=1S/C27H31N4O4/c1-17(2)35-27(34)30-15-18(3)31(19(4)32)24-11-10-22(14-25(24)30)20-6-8-21(9-7-20)26(33)29-13-12-23(16-29)28-5/h5-11,14,17-18,23H,12-13,15-16H2,1-4H3/q+1. The van der Waals surface area contributed by atoms with Crippen molar-refractivity contribution < 1.29 is 19.1 Å². The number of likely N-dealkylation sites (tertiary alicyclic amines) is 1. The van der Waals surface area contributed by atoms with Gasteiger partial charge in [0, 0.05) is 32.0 Å². The highest BCUT2D eigenvalue weighted by Gasteiger charge is 2.35. The summed E-state index contributed by atoms with van der Waals surface area (Å²) in [5.74, 6) is -0.125. The summed E-state index contributed by atoms with van der Waals surface area (Å²) in [7, 11) is 0. The molecule has 0 radical (unpaired) electrons. The molecule has 4 rings (SSSR count). The molecular formula is C27H31N4O4+.